The standard InChI is InChI=1S/C14H25NO3/c1-14(2,3)18-13(17)15-6-4-10(5-7-15)12-8-11(12)9-16/h10-12,16H,4-9H2,1-3H3/t11?,12-/m1/s1. The van der Waals surface area contributed by atoms with E-state index in [2.05, 4.69) is 0 Å². The van der Waals surface area contributed by atoms with Gasteiger partial charge in [-0.2, -0.15) is 0 Å². The summed E-state index contributed by atoms with van der Waals surface area (Å²) in [6.45, 7) is 7.62. The summed E-state index contributed by atoms with van der Waals surface area (Å²) in [6.07, 6.45) is 3.10. The van der Waals surface area contributed by atoms with Gasteiger partial charge in [-0.25, -0.2) is 4.79 Å². The summed E-state index contributed by atoms with van der Waals surface area (Å²) in [7, 11) is 0. The highest BCUT2D eigenvalue weighted by Gasteiger charge is 2.43. The number of piperidine rings is 1. The van der Waals surface area contributed by atoms with Crippen molar-refractivity contribution in [2.45, 2.75) is 45.6 Å². The van der Waals surface area contributed by atoms with Crippen molar-refractivity contribution in [1.29, 1.82) is 0 Å². The quantitative estimate of drug-likeness (QED) is 0.823. The van der Waals surface area contributed by atoms with Crippen LogP contribution in [0.2, 0.25) is 0 Å². The minimum absolute atomic E-state index is 0.185. The Hall–Kier alpha value is -0.770. The number of rotatable bonds is 2. The van der Waals surface area contributed by atoms with Gasteiger partial charge >= 0.3 is 6.09 Å². The van der Waals surface area contributed by atoms with E-state index in [-0.39, 0.29) is 6.09 Å². The highest BCUT2D eigenvalue weighted by molar-refractivity contribution is 5.68. The highest BCUT2D eigenvalue weighted by Crippen LogP contribution is 2.47. The first kappa shape index (κ1) is 13.7. The summed E-state index contributed by atoms with van der Waals surface area (Å²) in [4.78, 5) is 13.7. The number of ether oxygens (including phenoxy) is 1. The third-order valence-electron chi connectivity index (χ3n) is 4.01. The largest absolute Gasteiger partial charge is 0.444 e. The average Bonchev–Trinajstić information content (AvgIpc) is 3.06. The van der Waals surface area contributed by atoms with Crippen molar-refractivity contribution < 1.29 is 14.6 Å². The lowest BCUT2D eigenvalue weighted by Gasteiger charge is -2.33. The number of carbonyl (C=O) groups excluding carboxylic acids is 1. The number of carbonyl (C=O) groups is 1. The number of amides is 1. The Labute approximate surface area is 109 Å². The summed E-state index contributed by atoms with van der Waals surface area (Å²) in [5.41, 5.74) is -0.410. The van der Waals surface area contributed by atoms with Gasteiger partial charge in [-0.3, -0.25) is 0 Å². The first-order chi connectivity index (χ1) is 8.40. The van der Waals surface area contributed by atoms with Gasteiger partial charge in [-0.1, -0.05) is 0 Å². The molecule has 2 rings (SSSR count). The van der Waals surface area contributed by atoms with Crippen LogP contribution in [0.1, 0.15) is 40.0 Å². The van der Waals surface area contributed by atoms with Crippen molar-refractivity contribution in [3.63, 3.8) is 0 Å². The van der Waals surface area contributed by atoms with Crippen molar-refractivity contribution in [2.24, 2.45) is 17.8 Å². The molecule has 2 aliphatic rings. The van der Waals surface area contributed by atoms with E-state index in [1.165, 1.54) is 6.42 Å². The van der Waals surface area contributed by atoms with E-state index in [0.717, 1.165) is 25.9 Å². The molecule has 0 spiro atoms. The molecule has 1 amide bonds. The van der Waals surface area contributed by atoms with Gasteiger partial charge in [0.1, 0.15) is 5.60 Å². The minimum atomic E-state index is -0.410. The molecule has 0 aromatic carbocycles. The zero-order valence-corrected chi connectivity index (χ0v) is 11.7. The van der Waals surface area contributed by atoms with Crippen molar-refractivity contribution in [3.05, 3.63) is 0 Å². The van der Waals surface area contributed by atoms with Crippen LogP contribution in [0, 0.1) is 17.8 Å². The van der Waals surface area contributed by atoms with E-state index in [0.29, 0.717) is 24.4 Å². The van der Waals surface area contributed by atoms with Gasteiger partial charge in [0.05, 0.1) is 0 Å². The van der Waals surface area contributed by atoms with E-state index < -0.39 is 5.60 Å². The number of aliphatic hydroxyl groups is 1. The van der Waals surface area contributed by atoms with Gasteiger partial charge < -0.3 is 14.7 Å². The highest BCUT2D eigenvalue weighted by atomic mass is 16.6. The summed E-state index contributed by atoms with van der Waals surface area (Å²) in [5.74, 6) is 1.93. The molecule has 4 heteroatoms. The Bertz CT molecular complexity index is 303. The second-order valence-corrected chi connectivity index (χ2v) is 6.65. The minimum Gasteiger partial charge on any atom is -0.444 e. The van der Waals surface area contributed by atoms with Crippen LogP contribution in [0.15, 0.2) is 0 Å². The van der Waals surface area contributed by atoms with E-state index in [4.69, 9.17) is 9.84 Å². The van der Waals surface area contributed by atoms with Crippen LogP contribution >= 0.6 is 0 Å². The van der Waals surface area contributed by atoms with Crippen molar-refractivity contribution in [3.8, 4) is 0 Å². The lowest BCUT2D eigenvalue weighted by molar-refractivity contribution is 0.0172. The number of hydrogen-bond donors (Lipinski definition) is 1. The zero-order valence-electron chi connectivity index (χ0n) is 11.7. The lowest BCUT2D eigenvalue weighted by atomic mass is 9.91. The number of aliphatic hydroxyl groups excluding tert-OH is 1. The lowest BCUT2D eigenvalue weighted by Crippen LogP contribution is -2.42. The fourth-order valence-corrected chi connectivity index (χ4v) is 2.89. The fourth-order valence-electron chi connectivity index (χ4n) is 2.89. The molecule has 1 saturated heterocycles. The van der Waals surface area contributed by atoms with Gasteiger partial charge in [0, 0.05) is 19.7 Å². The number of likely N-dealkylation sites (tertiary alicyclic amines) is 1. The molecule has 1 aliphatic carbocycles. The van der Waals surface area contributed by atoms with Crippen molar-refractivity contribution in [1.82, 2.24) is 4.90 Å². The summed E-state index contributed by atoms with van der Waals surface area (Å²) < 4.78 is 5.38. The molecule has 18 heavy (non-hydrogen) atoms. The van der Waals surface area contributed by atoms with Gasteiger partial charge in [0.15, 0.2) is 0 Å². The third kappa shape index (κ3) is 3.37. The molecule has 0 bridgehead atoms. The van der Waals surface area contributed by atoms with E-state index in [1.54, 1.807) is 0 Å². The fraction of sp³-hybridized carbons (Fsp3) is 0.929. The van der Waals surface area contributed by atoms with Gasteiger partial charge in [-0.15, -0.1) is 0 Å². The van der Waals surface area contributed by atoms with E-state index in [9.17, 15) is 4.79 Å². The molecular weight excluding hydrogens is 230 g/mol. The molecular formula is C14H25NO3. The molecule has 4 nitrogen and oxygen atoms in total. The molecule has 1 aliphatic heterocycles. The maximum absolute atomic E-state index is 11.9. The van der Waals surface area contributed by atoms with Crippen molar-refractivity contribution in [2.75, 3.05) is 19.7 Å². The molecule has 1 unspecified atom stereocenters. The molecule has 2 atom stereocenters. The first-order valence-corrected chi connectivity index (χ1v) is 6.99. The molecule has 1 N–H and O–H groups in total. The van der Waals surface area contributed by atoms with Gasteiger partial charge in [0.2, 0.25) is 0 Å². The first-order valence-electron chi connectivity index (χ1n) is 6.99. The molecule has 0 aromatic heterocycles. The van der Waals surface area contributed by atoms with Gasteiger partial charge in [-0.05, 0) is 57.8 Å². The predicted molar refractivity (Wildman–Crippen MR) is 69.2 cm³/mol. The zero-order chi connectivity index (χ0) is 13.3. The molecule has 1 heterocycles. The van der Waals surface area contributed by atoms with Crippen LogP contribution in [0.25, 0.3) is 0 Å². The molecule has 0 aromatic rings. The molecule has 1 saturated carbocycles. The Morgan fingerprint density at radius 1 is 1.33 bits per heavy atom. The van der Waals surface area contributed by atoms with E-state index in [1.807, 2.05) is 25.7 Å². The van der Waals surface area contributed by atoms with Crippen LogP contribution in [-0.2, 0) is 4.74 Å². The molecule has 2 fully saturated rings. The number of nitrogens with zero attached hydrogens (tertiary/aromatic N) is 1. The van der Waals surface area contributed by atoms with Crippen LogP contribution in [0.5, 0.6) is 0 Å². The van der Waals surface area contributed by atoms with Gasteiger partial charge in [0.25, 0.3) is 0 Å². The second kappa shape index (κ2) is 5.08. The van der Waals surface area contributed by atoms with Crippen molar-refractivity contribution >= 4 is 6.09 Å². The Morgan fingerprint density at radius 3 is 2.39 bits per heavy atom. The van der Waals surface area contributed by atoms with Crippen LogP contribution in [-0.4, -0.2) is 41.4 Å². The van der Waals surface area contributed by atoms with Crippen LogP contribution < -0.4 is 0 Å². The molecule has 104 valence electrons. The number of hydrogen-bond acceptors (Lipinski definition) is 3. The van der Waals surface area contributed by atoms with E-state index >= 15 is 0 Å². The molecule has 0 radical (unpaired) electrons. The summed E-state index contributed by atoms with van der Waals surface area (Å²) in [5, 5.41) is 9.09. The maximum atomic E-state index is 11.9. The summed E-state index contributed by atoms with van der Waals surface area (Å²) in [6, 6.07) is 0. The van der Waals surface area contributed by atoms with Crippen LogP contribution in [0.3, 0.4) is 0 Å². The SMILES string of the molecule is CC(C)(C)OC(=O)N1CCC([C@H]2CC2CO)CC1. The smallest absolute Gasteiger partial charge is 0.410 e. The van der Waals surface area contributed by atoms with Crippen LogP contribution in [0.4, 0.5) is 4.79 Å². The summed E-state index contributed by atoms with van der Waals surface area (Å²) >= 11 is 0. The maximum Gasteiger partial charge on any atom is 0.410 e. The normalized spacial score (nSPS) is 29.2. The monoisotopic (exact) mass is 255 g/mol. The Balaban J connectivity index is 1.75. The third-order valence-corrected chi connectivity index (χ3v) is 4.01. The Morgan fingerprint density at radius 2 is 1.94 bits per heavy atom. The second-order valence-electron chi connectivity index (χ2n) is 6.65. The predicted octanol–water partition coefficient (Wildman–Crippen LogP) is 2.26. The topological polar surface area (TPSA) is 49.8 Å². The average molecular weight is 255 g/mol. The Kier molecular flexibility index (Phi) is 3.85.